The number of carbonyl (C=O) groups is 1. The molecule has 0 saturated heterocycles. The third-order valence-corrected chi connectivity index (χ3v) is 2.78. The van der Waals surface area contributed by atoms with E-state index in [1.807, 2.05) is 38.2 Å². The molecule has 5 nitrogen and oxygen atoms in total. The van der Waals surface area contributed by atoms with E-state index in [0.29, 0.717) is 12.2 Å². The van der Waals surface area contributed by atoms with Crippen molar-refractivity contribution in [3.63, 3.8) is 0 Å². The monoisotopic (exact) mass is 233 g/mol. The van der Waals surface area contributed by atoms with Gasteiger partial charge in [0.15, 0.2) is 5.82 Å². The number of aliphatic carboxylic acids is 1. The van der Waals surface area contributed by atoms with Gasteiger partial charge in [0.1, 0.15) is 6.04 Å². The molecule has 2 aromatic rings. The van der Waals surface area contributed by atoms with Crippen LogP contribution in [0.15, 0.2) is 24.3 Å². The molecule has 1 aromatic carbocycles. The van der Waals surface area contributed by atoms with Gasteiger partial charge in [-0.2, -0.15) is 5.10 Å². The summed E-state index contributed by atoms with van der Waals surface area (Å²) in [6.45, 7) is 1.83. The number of nitrogens with zero attached hydrogens (tertiary/aromatic N) is 2. The first-order valence-electron chi connectivity index (χ1n) is 5.54. The highest BCUT2D eigenvalue weighted by Gasteiger charge is 2.17. The number of aromatic nitrogens is 2. The summed E-state index contributed by atoms with van der Waals surface area (Å²) in [6.07, 6.45) is 0.514. The van der Waals surface area contributed by atoms with E-state index in [9.17, 15) is 4.79 Å². The van der Waals surface area contributed by atoms with Crippen LogP contribution in [0.25, 0.3) is 10.9 Å². The van der Waals surface area contributed by atoms with Crippen LogP contribution in [0.1, 0.15) is 13.3 Å². The van der Waals surface area contributed by atoms with Crippen molar-refractivity contribution in [1.82, 2.24) is 9.78 Å². The SMILES string of the molecule is CCC(Nc1nn(C)c2ccccc12)C(=O)O. The second-order valence-electron chi connectivity index (χ2n) is 3.93. The number of carboxylic acid groups (broad SMARTS) is 1. The van der Waals surface area contributed by atoms with E-state index in [1.54, 1.807) is 4.68 Å². The number of nitrogens with one attached hydrogen (secondary N) is 1. The summed E-state index contributed by atoms with van der Waals surface area (Å²) < 4.78 is 1.74. The van der Waals surface area contributed by atoms with E-state index in [-0.39, 0.29) is 0 Å². The predicted octanol–water partition coefficient (Wildman–Crippen LogP) is 1.85. The molecule has 90 valence electrons. The Hall–Kier alpha value is -2.04. The molecule has 17 heavy (non-hydrogen) atoms. The number of benzene rings is 1. The molecule has 1 heterocycles. The molecule has 1 atom stereocenters. The van der Waals surface area contributed by atoms with Gasteiger partial charge in [-0.3, -0.25) is 4.68 Å². The first-order chi connectivity index (χ1) is 8.13. The van der Waals surface area contributed by atoms with Gasteiger partial charge in [-0.25, -0.2) is 4.79 Å². The third kappa shape index (κ3) is 2.08. The van der Waals surface area contributed by atoms with E-state index in [0.717, 1.165) is 10.9 Å². The smallest absolute Gasteiger partial charge is 0.326 e. The van der Waals surface area contributed by atoms with E-state index in [2.05, 4.69) is 10.4 Å². The quantitative estimate of drug-likeness (QED) is 0.845. The number of anilines is 1. The average molecular weight is 233 g/mol. The summed E-state index contributed by atoms with van der Waals surface area (Å²) in [5.41, 5.74) is 0.982. The van der Waals surface area contributed by atoms with Gasteiger partial charge in [0.2, 0.25) is 0 Å². The molecule has 0 fully saturated rings. The first kappa shape index (κ1) is 11.4. The Morgan fingerprint density at radius 3 is 2.88 bits per heavy atom. The molecular formula is C12H15N3O2. The van der Waals surface area contributed by atoms with Crippen molar-refractivity contribution in [2.75, 3.05) is 5.32 Å². The normalized spacial score (nSPS) is 12.6. The Morgan fingerprint density at radius 1 is 1.53 bits per heavy atom. The number of hydrogen-bond acceptors (Lipinski definition) is 3. The Bertz CT molecular complexity index is 548. The van der Waals surface area contributed by atoms with E-state index < -0.39 is 12.0 Å². The molecule has 5 heteroatoms. The maximum absolute atomic E-state index is 11.0. The highest BCUT2D eigenvalue weighted by atomic mass is 16.4. The van der Waals surface area contributed by atoms with Gasteiger partial charge in [0, 0.05) is 12.4 Å². The lowest BCUT2D eigenvalue weighted by Gasteiger charge is -2.11. The zero-order valence-corrected chi connectivity index (χ0v) is 9.84. The molecule has 1 aromatic heterocycles. The van der Waals surface area contributed by atoms with Crippen molar-refractivity contribution >= 4 is 22.7 Å². The van der Waals surface area contributed by atoms with Crippen LogP contribution in [0, 0.1) is 0 Å². The molecule has 2 N–H and O–H groups in total. The van der Waals surface area contributed by atoms with E-state index >= 15 is 0 Å². The molecule has 0 bridgehead atoms. The fraction of sp³-hybridized carbons (Fsp3) is 0.333. The average Bonchev–Trinajstić information content (AvgIpc) is 2.63. The predicted molar refractivity (Wildman–Crippen MR) is 66.1 cm³/mol. The number of rotatable bonds is 4. The van der Waals surface area contributed by atoms with Crippen molar-refractivity contribution in [1.29, 1.82) is 0 Å². The standard InChI is InChI=1S/C12H15N3O2/c1-3-9(12(16)17)13-11-8-6-4-5-7-10(8)15(2)14-11/h4-7,9H,3H2,1-2H3,(H,13,14)(H,16,17). The molecule has 0 aliphatic heterocycles. The zero-order chi connectivity index (χ0) is 12.4. The van der Waals surface area contributed by atoms with E-state index in [1.165, 1.54) is 0 Å². The summed E-state index contributed by atoms with van der Waals surface area (Å²) in [7, 11) is 1.84. The number of fused-ring (bicyclic) bond motifs is 1. The number of para-hydroxylation sites is 1. The lowest BCUT2D eigenvalue weighted by atomic mass is 10.2. The third-order valence-electron chi connectivity index (χ3n) is 2.78. The molecule has 0 radical (unpaired) electrons. The maximum atomic E-state index is 11.0. The van der Waals surface area contributed by atoms with Crippen molar-refractivity contribution in [2.24, 2.45) is 7.05 Å². The van der Waals surface area contributed by atoms with Gasteiger partial charge in [0.05, 0.1) is 5.52 Å². The molecule has 0 aliphatic rings. The van der Waals surface area contributed by atoms with Gasteiger partial charge in [0.25, 0.3) is 0 Å². The lowest BCUT2D eigenvalue weighted by Crippen LogP contribution is -2.28. The fourth-order valence-corrected chi connectivity index (χ4v) is 1.82. The Kier molecular flexibility index (Phi) is 2.99. The van der Waals surface area contributed by atoms with Crippen LogP contribution in [0.4, 0.5) is 5.82 Å². The van der Waals surface area contributed by atoms with Crippen LogP contribution in [-0.2, 0) is 11.8 Å². The van der Waals surface area contributed by atoms with Crippen LogP contribution in [0.3, 0.4) is 0 Å². The Morgan fingerprint density at radius 2 is 2.24 bits per heavy atom. The number of hydrogen-bond donors (Lipinski definition) is 2. The van der Waals surface area contributed by atoms with Crippen molar-refractivity contribution in [2.45, 2.75) is 19.4 Å². The van der Waals surface area contributed by atoms with Gasteiger partial charge >= 0.3 is 5.97 Å². The molecular weight excluding hydrogens is 218 g/mol. The molecule has 0 saturated carbocycles. The maximum Gasteiger partial charge on any atom is 0.326 e. The second-order valence-corrected chi connectivity index (χ2v) is 3.93. The minimum Gasteiger partial charge on any atom is -0.480 e. The topological polar surface area (TPSA) is 67.2 Å². The highest BCUT2D eigenvalue weighted by Crippen LogP contribution is 2.22. The van der Waals surface area contributed by atoms with Crippen molar-refractivity contribution in [3.8, 4) is 0 Å². The van der Waals surface area contributed by atoms with Gasteiger partial charge in [-0.1, -0.05) is 19.1 Å². The molecule has 0 spiro atoms. The molecule has 0 aliphatic carbocycles. The summed E-state index contributed by atoms with van der Waals surface area (Å²) in [6, 6.07) is 7.13. The fourth-order valence-electron chi connectivity index (χ4n) is 1.82. The van der Waals surface area contributed by atoms with Crippen molar-refractivity contribution < 1.29 is 9.90 Å². The number of aryl methyl sites for hydroxylation is 1. The van der Waals surface area contributed by atoms with E-state index in [4.69, 9.17) is 5.11 Å². The summed E-state index contributed by atoms with van der Waals surface area (Å²) >= 11 is 0. The van der Waals surface area contributed by atoms with Crippen LogP contribution in [-0.4, -0.2) is 26.9 Å². The minimum absolute atomic E-state index is 0.514. The molecule has 0 amide bonds. The van der Waals surface area contributed by atoms with Crippen LogP contribution in [0.2, 0.25) is 0 Å². The van der Waals surface area contributed by atoms with Gasteiger partial charge in [-0.15, -0.1) is 0 Å². The lowest BCUT2D eigenvalue weighted by molar-refractivity contribution is -0.137. The minimum atomic E-state index is -0.859. The summed E-state index contributed by atoms with van der Waals surface area (Å²) in [4.78, 5) is 11.0. The molecule has 1 unspecified atom stereocenters. The van der Waals surface area contributed by atoms with Crippen LogP contribution in [0.5, 0.6) is 0 Å². The summed E-state index contributed by atoms with van der Waals surface area (Å²) in [5, 5.41) is 17.2. The van der Waals surface area contributed by atoms with Gasteiger partial charge in [-0.05, 0) is 18.6 Å². The second kappa shape index (κ2) is 4.45. The molecule has 2 rings (SSSR count). The number of carboxylic acids is 1. The van der Waals surface area contributed by atoms with Crippen LogP contribution >= 0.6 is 0 Å². The van der Waals surface area contributed by atoms with Crippen LogP contribution < -0.4 is 5.32 Å². The zero-order valence-electron chi connectivity index (χ0n) is 9.84. The highest BCUT2D eigenvalue weighted by molar-refractivity contribution is 5.91. The van der Waals surface area contributed by atoms with Gasteiger partial charge < -0.3 is 10.4 Å². The Labute approximate surface area is 99.1 Å². The Balaban J connectivity index is 2.39. The first-order valence-corrected chi connectivity index (χ1v) is 5.54. The van der Waals surface area contributed by atoms with Crippen molar-refractivity contribution in [3.05, 3.63) is 24.3 Å². The summed E-state index contributed by atoms with van der Waals surface area (Å²) in [5.74, 6) is -0.236. The largest absolute Gasteiger partial charge is 0.480 e.